The molecule has 0 bridgehead atoms. The number of hydrogen-bond donors (Lipinski definition) is 1. The van der Waals surface area contributed by atoms with Crippen LogP contribution in [0.25, 0.3) is 0 Å². The van der Waals surface area contributed by atoms with Gasteiger partial charge in [-0.3, -0.25) is 10.1 Å². The van der Waals surface area contributed by atoms with Crippen molar-refractivity contribution >= 4 is 45.8 Å². The van der Waals surface area contributed by atoms with E-state index in [2.05, 4.69) is 30.7 Å². The number of rotatable bonds is 2. The van der Waals surface area contributed by atoms with Crippen LogP contribution in [0.5, 0.6) is 0 Å². The van der Waals surface area contributed by atoms with E-state index in [4.69, 9.17) is 0 Å². The molecule has 1 heterocycles. The molecule has 2 unspecified atom stereocenters. The highest BCUT2D eigenvalue weighted by molar-refractivity contribution is 9.54. The summed E-state index contributed by atoms with van der Waals surface area (Å²) in [4.78, 5) is 21.9. The maximum atomic E-state index is 11.0. The molecular formula is C7H5Br2N3O4S. The van der Waals surface area contributed by atoms with Gasteiger partial charge in [-0.2, -0.15) is 0 Å². The Balaban J connectivity index is 2.64. The lowest BCUT2D eigenvalue weighted by Crippen LogP contribution is -2.40. The third kappa shape index (κ3) is 1.89. The lowest BCUT2D eigenvalue weighted by molar-refractivity contribution is -0.578. The van der Waals surface area contributed by atoms with Gasteiger partial charge in [-0.05, 0) is 47.9 Å². The predicted octanol–water partition coefficient (Wildman–Crippen LogP) is 2.69. The number of fused-ring (bicyclic) bond motifs is 1. The molecule has 2 atom stereocenters. The molecule has 92 valence electrons. The summed E-state index contributed by atoms with van der Waals surface area (Å²) in [6, 6.07) is 4.97. The molecule has 10 heteroatoms. The number of hydrogen-bond acceptors (Lipinski definition) is 4. The summed E-state index contributed by atoms with van der Waals surface area (Å²) < 4.78 is 0.475. The molecule has 0 spiro atoms. The van der Waals surface area contributed by atoms with Gasteiger partial charge in [0, 0.05) is 9.37 Å². The van der Waals surface area contributed by atoms with E-state index in [9.17, 15) is 20.2 Å². The first-order chi connectivity index (χ1) is 7.95. The number of thiol groups is 1. The number of benzene rings is 1. The first kappa shape index (κ1) is 12.6. The van der Waals surface area contributed by atoms with E-state index in [-0.39, 0.29) is 5.69 Å². The van der Waals surface area contributed by atoms with Crippen LogP contribution >= 0.6 is 40.1 Å². The summed E-state index contributed by atoms with van der Waals surface area (Å²) in [5, 5.41) is 21.8. The molecule has 0 aliphatic carbocycles. The van der Waals surface area contributed by atoms with Crippen molar-refractivity contribution in [2.45, 2.75) is 10.4 Å². The van der Waals surface area contributed by atoms with Gasteiger partial charge < -0.3 is 0 Å². The molecule has 0 fully saturated rings. The van der Waals surface area contributed by atoms with Crippen LogP contribution in [0.3, 0.4) is 0 Å². The monoisotopic (exact) mass is 385 g/mol. The van der Waals surface area contributed by atoms with Crippen molar-refractivity contribution in [3.8, 4) is 0 Å². The summed E-state index contributed by atoms with van der Waals surface area (Å²) in [6.45, 7) is 0. The molecule has 1 aromatic carbocycles. The molecule has 7 nitrogen and oxygen atoms in total. The van der Waals surface area contributed by atoms with E-state index in [1.54, 1.807) is 18.2 Å². The van der Waals surface area contributed by atoms with Gasteiger partial charge in [0.25, 0.3) is 0 Å². The van der Waals surface area contributed by atoms with Crippen molar-refractivity contribution in [1.82, 2.24) is 0 Å². The molecule has 2 rings (SSSR count). The zero-order valence-electron chi connectivity index (χ0n) is 7.99. The molecule has 0 radical (unpaired) electrons. The lowest BCUT2D eigenvalue weighted by Gasteiger charge is -2.12. The van der Waals surface area contributed by atoms with E-state index in [0.717, 1.165) is 0 Å². The number of halogens is 2. The van der Waals surface area contributed by atoms with Crippen LogP contribution in [0.1, 0.15) is 0 Å². The molecule has 0 aromatic heterocycles. The number of nitrogens with zero attached hydrogens (tertiary/aromatic N) is 3. The Morgan fingerprint density at radius 2 is 2.00 bits per heavy atom. The molecule has 0 saturated heterocycles. The van der Waals surface area contributed by atoms with E-state index in [0.29, 0.717) is 14.4 Å². The maximum Gasteiger partial charge on any atom is 0.383 e. The van der Waals surface area contributed by atoms with Crippen molar-refractivity contribution < 1.29 is 9.96 Å². The Hall–Kier alpha value is -0.870. The van der Waals surface area contributed by atoms with Crippen molar-refractivity contribution in [3.63, 3.8) is 0 Å². The summed E-state index contributed by atoms with van der Waals surface area (Å²) in [5.41, 5.74) is -1.13. The van der Waals surface area contributed by atoms with E-state index < -0.39 is 24.8 Å². The SMILES string of the molecule is O=[N+]([O-])C1N([N+](=O)[O-])c2c(Br)cccc2[SH]1Br. The van der Waals surface area contributed by atoms with E-state index in [1.807, 2.05) is 0 Å². The van der Waals surface area contributed by atoms with Crippen LogP contribution < -0.4 is 5.01 Å². The maximum absolute atomic E-state index is 11.0. The van der Waals surface area contributed by atoms with Gasteiger partial charge in [-0.25, -0.2) is 10.1 Å². The van der Waals surface area contributed by atoms with Crippen LogP contribution in [0.15, 0.2) is 27.6 Å². The van der Waals surface area contributed by atoms with Crippen LogP contribution in [0, 0.1) is 20.2 Å². The molecular weight excluding hydrogens is 382 g/mol. The van der Waals surface area contributed by atoms with E-state index >= 15 is 0 Å². The number of anilines is 1. The standard InChI is InChI=1S/C7H5Br2N3O4S/c8-4-2-1-3-5-6(4)10(12(15)16)7(11(13)14)17(5)9/h1-3,7,17H. The van der Waals surface area contributed by atoms with Gasteiger partial charge in [0.2, 0.25) is 0 Å². The van der Waals surface area contributed by atoms with Gasteiger partial charge in [-0.15, -0.1) is 0 Å². The van der Waals surface area contributed by atoms with Gasteiger partial charge in [-0.1, -0.05) is 15.4 Å². The molecule has 0 N–H and O–H groups in total. The van der Waals surface area contributed by atoms with Gasteiger partial charge in [0.1, 0.15) is 5.69 Å². The van der Waals surface area contributed by atoms with Crippen molar-refractivity contribution in [2.24, 2.45) is 0 Å². The van der Waals surface area contributed by atoms with Gasteiger partial charge in [0.15, 0.2) is 5.03 Å². The first-order valence-electron chi connectivity index (χ1n) is 4.25. The molecule has 0 amide bonds. The zero-order chi connectivity index (χ0) is 12.7. The average molecular weight is 387 g/mol. The molecule has 1 aromatic rings. The van der Waals surface area contributed by atoms with Crippen molar-refractivity contribution in [1.29, 1.82) is 0 Å². The van der Waals surface area contributed by atoms with Crippen molar-refractivity contribution in [3.05, 3.63) is 42.9 Å². The highest BCUT2D eigenvalue weighted by atomic mass is 79.9. The summed E-state index contributed by atoms with van der Waals surface area (Å²) in [5.74, 6) is 0. The van der Waals surface area contributed by atoms with Crippen LogP contribution in [-0.4, -0.2) is 15.5 Å². The molecule has 0 saturated carbocycles. The largest absolute Gasteiger partial charge is 0.383 e. The van der Waals surface area contributed by atoms with Crippen LogP contribution in [0.2, 0.25) is 0 Å². The Morgan fingerprint density at radius 1 is 1.35 bits per heavy atom. The molecule has 17 heavy (non-hydrogen) atoms. The second kappa shape index (κ2) is 4.42. The first-order valence-corrected chi connectivity index (χ1v) is 8.48. The minimum absolute atomic E-state index is 0.252. The summed E-state index contributed by atoms with van der Waals surface area (Å²) >= 11 is 6.38. The van der Waals surface area contributed by atoms with Crippen LogP contribution in [0.4, 0.5) is 5.69 Å². The van der Waals surface area contributed by atoms with Gasteiger partial charge in [0.05, 0.1) is 4.92 Å². The predicted molar refractivity (Wildman–Crippen MR) is 70.6 cm³/mol. The van der Waals surface area contributed by atoms with E-state index in [1.165, 1.54) is 0 Å². The quantitative estimate of drug-likeness (QED) is 0.479. The fraction of sp³-hybridized carbons (Fsp3) is 0.143. The second-order valence-corrected chi connectivity index (χ2v) is 7.85. The van der Waals surface area contributed by atoms with Crippen LogP contribution in [-0.2, 0) is 0 Å². The second-order valence-electron chi connectivity index (χ2n) is 3.13. The molecule has 1 aliphatic heterocycles. The minimum atomic E-state index is -1.40. The molecule has 1 aliphatic rings. The lowest BCUT2D eigenvalue weighted by atomic mass is 10.3. The smallest absolute Gasteiger partial charge is 0.261 e. The highest BCUT2D eigenvalue weighted by Crippen LogP contribution is 2.60. The summed E-state index contributed by atoms with van der Waals surface area (Å²) in [6.07, 6.45) is 0. The number of para-hydroxylation sites is 1. The normalized spacial score (nSPS) is 24.5. The fourth-order valence-electron chi connectivity index (χ4n) is 1.58. The van der Waals surface area contributed by atoms with Crippen molar-refractivity contribution in [2.75, 3.05) is 5.01 Å². The Bertz CT molecular complexity index is 514. The number of nitro groups is 2. The number of hydrazine groups is 1. The van der Waals surface area contributed by atoms with Gasteiger partial charge >= 0.3 is 5.50 Å². The highest BCUT2D eigenvalue weighted by Gasteiger charge is 2.51. The Morgan fingerprint density at radius 3 is 2.53 bits per heavy atom. The third-order valence-corrected chi connectivity index (χ3v) is 6.73. The third-order valence-electron chi connectivity index (χ3n) is 2.21. The Kier molecular flexibility index (Phi) is 3.27. The zero-order valence-corrected chi connectivity index (χ0v) is 12.1. The Labute approximate surface area is 114 Å². The fourth-order valence-corrected chi connectivity index (χ4v) is 5.57. The average Bonchev–Trinajstić information content (AvgIpc) is 2.54. The topological polar surface area (TPSA) is 89.5 Å². The minimum Gasteiger partial charge on any atom is -0.261 e. The summed E-state index contributed by atoms with van der Waals surface area (Å²) in [7, 11) is -1.40.